The molecule has 0 aromatic heterocycles. The minimum absolute atomic E-state index is 0.144. The fourth-order valence-corrected chi connectivity index (χ4v) is 4.28. The summed E-state index contributed by atoms with van der Waals surface area (Å²) in [4.78, 5) is 38.5. The third kappa shape index (κ3) is 6.73. The Morgan fingerprint density at radius 3 is 2.49 bits per heavy atom. The lowest BCUT2D eigenvalue weighted by Crippen LogP contribution is -2.36. The van der Waals surface area contributed by atoms with Crippen molar-refractivity contribution in [3.63, 3.8) is 0 Å². The van der Waals surface area contributed by atoms with E-state index in [1.54, 1.807) is 30.3 Å². The number of amides is 3. The highest BCUT2D eigenvalue weighted by Gasteiger charge is 2.36. The van der Waals surface area contributed by atoms with Gasteiger partial charge >= 0.3 is 0 Å². The van der Waals surface area contributed by atoms with Crippen LogP contribution in [0.15, 0.2) is 71.6 Å². The van der Waals surface area contributed by atoms with Gasteiger partial charge < -0.3 is 14.8 Å². The van der Waals surface area contributed by atoms with Crippen LogP contribution in [-0.2, 0) is 16.2 Å². The third-order valence-electron chi connectivity index (χ3n) is 5.16. The maximum atomic E-state index is 13.3. The number of thioether (sulfide) groups is 1. The summed E-state index contributed by atoms with van der Waals surface area (Å²) in [5.74, 6) is -1.20. The number of rotatable bonds is 9. The maximum absolute atomic E-state index is 13.3. The second kappa shape index (κ2) is 11.7. The van der Waals surface area contributed by atoms with E-state index in [0.717, 1.165) is 16.5 Å². The lowest BCUT2D eigenvalue weighted by molar-refractivity contribution is -0.127. The molecule has 3 amide bonds. The minimum atomic E-state index is -0.629. The van der Waals surface area contributed by atoms with E-state index in [1.165, 1.54) is 36.4 Å². The van der Waals surface area contributed by atoms with Crippen LogP contribution in [0.1, 0.15) is 18.1 Å². The molecule has 1 fully saturated rings. The summed E-state index contributed by atoms with van der Waals surface area (Å²) in [5.41, 5.74) is 1.59. The number of carbonyl (C=O) groups is 3. The highest BCUT2D eigenvalue weighted by Crippen LogP contribution is 2.35. The summed E-state index contributed by atoms with van der Waals surface area (Å²) in [5, 5.41) is 1.88. The Kier molecular flexibility index (Phi) is 8.19. The Bertz CT molecular complexity index is 1360. The van der Waals surface area contributed by atoms with Gasteiger partial charge in [0.1, 0.15) is 24.8 Å². The number of hydrogen-bond donors (Lipinski definition) is 1. The molecule has 0 unspecified atom stereocenters. The lowest BCUT2D eigenvalue weighted by Gasteiger charge is -2.13. The first-order chi connectivity index (χ1) is 17.8. The van der Waals surface area contributed by atoms with Crippen molar-refractivity contribution in [1.29, 1.82) is 0 Å². The molecule has 1 saturated heterocycles. The Labute approximate surface area is 216 Å². The molecule has 0 radical (unpaired) electrons. The van der Waals surface area contributed by atoms with Crippen LogP contribution in [0.2, 0.25) is 0 Å². The second-order valence-electron chi connectivity index (χ2n) is 7.88. The van der Waals surface area contributed by atoms with E-state index in [4.69, 9.17) is 9.47 Å². The van der Waals surface area contributed by atoms with E-state index in [9.17, 15) is 23.2 Å². The van der Waals surface area contributed by atoms with E-state index >= 15 is 0 Å². The van der Waals surface area contributed by atoms with Gasteiger partial charge in [0.25, 0.3) is 11.1 Å². The maximum Gasteiger partial charge on any atom is 0.294 e. The average Bonchev–Trinajstić information content (AvgIpc) is 3.12. The number of hydrogen-bond acceptors (Lipinski definition) is 6. The van der Waals surface area contributed by atoms with Gasteiger partial charge in [-0.05, 0) is 78.4 Å². The SMILES string of the molecule is CCOc1cc(/C=C2/SC(=O)N(CC(=O)Nc3cccc(F)c3)C2=O)ccc1OCc1ccc(F)cc1. The van der Waals surface area contributed by atoms with Crippen molar-refractivity contribution in [2.24, 2.45) is 0 Å². The van der Waals surface area contributed by atoms with Crippen molar-refractivity contribution in [3.05, 3.63) is 94.4 Å². The van der Waals surface area contributed by atoms with Gasteiger partial charge in [0.2, 0.25) is 5.91 Å². The normalized spacial score (nSPS) is 14.2. The van der Waals surface area contributed by atoms with Crippen LogP contribution in [0.5, 0.6) is 11.5 Å². The molecule has 37 heavy (non-hydrogen) atoms. The number of ether oxygens (including phenoxy) is 2. The molecule has 4 rings (SSSR count). The Hall–Kier alpha value is -4.18. The minimum Gasteiger partial charge on any atom is -0.490 e. The number of nitrogens with zero attached hydrogens (tertiary/aromatic N) is 1. The fourth-order valence-electron chi connectivity index (χ4n) is 3.44. The van der Waals surface area contributed by atoms with Crippen LogP contribution in [0, 0.1) is 11.6 Å². The predicted molar refractivity (Wildman–Crippen MR) is 136 cm³/mol. The van der Waals surface area contributed by atoms with E-state index in [2.05, 4.69) is 5.32 Å². The van der Waals surface area contributed by atoms with Crippen molar-refractivity contribution < 1.29 is 32.6 Å². The number of nitrogens with one attached hydrogen (secondary N) is 1. The molecule has 1 aliphatic rings. The van der Waals surface area contributed by atoms with Gasteiger partial charge in [0, 0.05) is 5.69 Å². The summed E-state index contributed by atoms with van der Waals surface area (Å²) in [6.45, 7) is 1.89. The molecular weight excluding hydrogens is 502 g/mol. The molecule has 1 aliphatic heterocycles. The summed E-state index contributed by atoms with van der Waals surface area (Å²) in [7, 11) is 0. The highest BCUT2D eigenvalue weighted by atomic mass is 32.2. The summed E-state index contributed by atoms with van der Waals surface area (Å²) < 4.78 is 37.9. The van der Waals surface area contributed by atoms with Crippen molar-refractivity contribution in [2.75, 3.05) is 18.5 Å². The van der Waals surface area contributed by atoms with Crippen LogP contribution in [-0.4, -0.2) is 35.1 Å². The zero-order valence-electron chi connectivity index (χ0n) is 19.7. The summed E-state index contributed by atoms with van der Waals surface area (Å²) >= 11 is 0.715. The molecule has 10 heteroatoms. The van der Waals surface area contributed by atoms with E-state index in [0.29, 0.717) is 35.4 Å². The topological polar surface area (TPSA) is 84.9 Å². The smallest absolute Gasteiger partial charge is 0.294 e. The summed E-state index contributed by atoms with van der Waals surface area (Å²) in [6.07, 6.45) is 1.53. The lowest BCUT2D eigenvalue weighted by atomic mass is 10.1. The van der Waals surface area contributed by atoms with E-state index in [-0.39, 0.29) is 23.0 Å². The number of carbonyl (C=O) groups excluding carboxylic acids is 3. The fraction of sp³-hybridized carbons (Fsp3) is 0.148. The average molecular weight is 525 g/mol. The van der Waals surface area contributed by atoms with Crippen LogP contribution >= 0.6 is 11.8 Å². The summed E-state index contributed by atoms with van der Waals surface area (Å²) in [6, 6.07) is 16.3. The van der Waals surface area contributed by atoms with Gasteiger partial charge in [-0.2, -0.15) is 0 Å². The van der Waals surface area contributed by atoms with E-state index in [1.807, 2.05) is 6.92 Å². The molecule has 1 N–H and O–H groups in total. The first-order valence-corrected chi connectivity index (χ1v) is 12.1. The second-order valence-corrected chi connectivity index (χ2v) is 8.87. The predicted octanol–water partition coefficient (Wildman–Crippen LogP) is 5.62. The molecule has 0 aliphatic carbocycles. The molecule has 0 spiro atoms. The van der Waals surface area contributed by atoms with Gasteiger partial charge in [-0.15, -0.1) is 0 Å². The molecule has 0 bridgehead atoms. The van der Waals surface area contributed by atoms with Crippen LogP contribution in [0.25, 0.3) is 6.08 Å². The Balaban J connectivity index is 1.44. The van der Waals surface area contributed by atoms with Crippen molar-refractivity contribution in [1.82, 2.24) is 4.90 Å². The van der Waals surface area contributed by atoms with Crippen molar-refractivity contribution >= 4 is 40.6 Å². The van der Waals surface area contributed by atoms with Crippen molar-refractivity contribution in [3.8, 4) is 11.5 Å². The molecule has 0 atom stereocenters. The van der Waals surface area contributed by atoms with Gasteiger partial charge in [-0.1, -0.05) is 24.3 Å². The third-order valence-corrected chi connectivity index (χ3v) is 6.06. The molecule has 7 nitrogen and oxygen atoms in total. The molecular formula is C27H22F2N2O5S. The molecule has 1 heterocycles. The zero-order valence-corrected chi connectivity index (χ0v) is 20.5. The zero-order chi connectivity index (χ0) is 26.4. The monoisotopic (exact) mass is 524 g/mol. The standard InChI is InChI=1S/C27H22F2N2O5S/c1-2-35-23-12-18(8-11-22(23)36-16-17-6-9-19(28)10-7-17)13-24-26(33)31(27(34)37-24)15-25(32)30-21-5-3-4-20(29)14-21/h3-14H,2,15-16H2,1H3,(H,30,32)/b24-13+. The number of anilines is 1. The van der Waals surface area contributed by atoms with Gasteiger partial charge in [-0.25, -0.2) is 8.78 Å². The number of halogens is 2. The molecule has 3 aromatic carbocycles. The van der Waals surface area contributed by atoms with Crippen LogP contribution < -0.4 is 14.8 Å². The quantitative estimate of drug-likeness (QED) is 0.366. The number of imide groups is 1. The van der Waals surface area contributed by atoms with Gasteiger partial charge in [0.15, 0.2) is 11.5 Å². The molecule has 3 aromatic rings. The van der Waals surface area contributed by atoms with Gasteiger partial charge in [0.05, 0.1) is 11.5 Å². The van der Waals surface area contributed by atoms with Crippen molar-refractivity contribution in [2.45, 2.75) is 13.5 Å². The highest BCUT2D eigenvalue weighted by molar-refractivity contribution is 8.18. The molecule has 0 saturated carbocycles. The molecule has 190 valence electrons. The van der Waals surface area contributed by atoms with Gasteiger partial charge in [-0.3, -0.25) is 19.3 Å². The number of benzene rings is 3. The largest absolute Gasteiger partial charge is 0.490 e. The van der Waals surface area contributed by atoms with E-state index < -0.39 is 29.4 Å². The van der Waals surface area contributed by atoms with Crippen LogP contribution in [0.3, 0.4) is 0 Å². The first kappa shape index (κ1) is 25.9. The first-order valence-electron chi connectivity index (χ1n) is 11.3. The Morgan fingerprint density at radius 1 is 0.973 bits per heavy atom. The Morgan fingerprint density at radius 2 is 1.76 bits per heavy atom. The van der Waals surface area contributed by atoms with Crippen LogP contribution in [0.4, 0.5) is 19.3 Å².